The van der Waals surface area contributed by atoms with Crippen LogP contribution in [-0.4, -0.2) is 9.97 Å². The summed E-state index contributed by atoms with van der Waals surface area (Å²) in [5.74, 6) is 0. The van der Waals surface area contributed by atoms with Crippen LogP contribution < -0.4 is 5.73 Å². The predicted octanol–water partition coefficient (Wildman–Crippen LogP) is 1.99. The fraction of sp³-hybridized carbons (Fsp3) is 0.200. The van der Waals surface area contributed by atoms with E-state index < -0.39 is 0 Å². The maximum absolute atomic E-state index is 5.58. The van der Waals surface area contributed by atoms with E-state index in [0.29, 0.717) is 11.8 Å². The molecule has 2 rings (SSSR count). The van der Waals surface area contributed by atoms with Gasteiger partial charge in [-0.2, -0.15) is 0 Å². The van der Waals surface area contributed by atoms with Gasteiger partial charge in [-0.15, -0.1) is 0 Å². The highest BCUT2D eigenvalue weighted by Crippen LogP contribution is 2.28. The first-order valence-electron chi connectivity index (χ1n) is 4.53. The Bertz CT molecular complexity index is 455. The van der Waals surface area contributed by atoms with Gasteiger partial charge in [-0.3, -0.25) is 4.98 Å². The lowest BCUT2D eigenvalue weighted by Gasteiger charge is -2.02. The Morgan fingerprint density at radius 2 is 2.40 bits per heavy atom. The Labute approximate surface area is 91.9 Å². The van der Waals surface area contributed by atoms with Crippen LogP contribution in [0.25, 0.3) is 0 Å². The van der Waals surface area contributed by atoms with Gasteiger partial charge in [0.25, 0.3) is 5.22 Å². The van der Waals surface area contributed by atoms with Crippen LogP contribution in [0.4, 0.5) is 0 Å². The van der Waals surface area contributed by atoms with Gasteiger partial charge in [0.2, 0.25) is 0 Å². The molecule has 0 fully saturated rings. The van der Waals surface area contributed by atoms with E-state index in [2.05, 4.69) is 9.97 Å². The largest absolute Gasteiger partial charge is 0.439 e. The van der Waals surface area contributed by atoms with E-state index in [0.717, 1.165) is 16.3 Å². The molecule has 2 heterocycles. The van der Waals surface area contributed by atoms with Crippen molar-refractivity contribution in [1.82, 2.24) is 9.97 Å². The molecule has 0 amide bonds. The van der Waals surface area contributed by atoms with Gasteiger partial charge in [0, 0.05) is 17.6 Å². The summed E-state index contributed by atoms with van der Waals surface area (Å²) in [5, 5.41) is 0.621. The van der Waals surface area contributed by atoms with Gasteiger partial charge >= 0.3 is 0 Å². The van der Waals surface area contributed by atoms with Crippen LogP contribution in [0.5, 0.6) is 0 Å². The molecular formula is C10H11N3OS. The lowest BCUT2D eigenvalue weighted by Crippen LogP contribution is -2.00. The Hall–Kier alpha value is -1.33. The molecule has 0 saturated heterocycles. The molecule has 2 aromatic heterocycles. The number of oxazole rings is 1. The minimum atomic E-state index is 0.420. The summed E-state index contributed by atoms with van der Waals surface area (Å²) in [4.78, 5) is 9.38. The summed E-state index contributed by atoms with van der Waals surface area (Å²) in [6, 6.07) is 3.83. The van der Waals surface area contributed by atoms with E-state index in [9.17, 15) is 0 Å². The molecule has 2 aromatic rings. The van der Waals surface area contributed by atoms with Crippen molar-refractivity contribution >= 4 is 11.8 Å². The maximum atomic E-state index is 5.58. The summed E-state index contributed by atoms with van der Waals surface area (Å²) in [6.45, 7) is 2.31. The molecule has 0 unspecified atom stereocenters. The third-order valence-corrected chi connectivity index (χ3v) is 2.79. The first kappa shape index (κ1) is 10.2. The highest BCUT2D eigenvalue weighted by Gasteiger charge is 2.07. The summed E-state index contributed by atoms with van der Waals surface area (Å²) >= 11 is 1.44. The topological polar surface area (TPSA) is 64.9 Å². The molecule has 0 aliphatic carbocycles. The number of rotatable bonds is 3. The zero-order valence-corrected chi connectivity index (χ0v) is 9.12. The predicted molar refractivity (Wildman–Crippen MR) is 57.5 cm³/mol. The second-order valence-corrected chi connectivity index (χ2v) is 4.00. The number of pyridine rings is 1. The minimum Gasteiger partial charge on any atom is -0.439 e. The van der Waals surface area contributed by atoms with Crippen LogP contribution in [-0.2, 0) is 6.54 Å². The van der Waals surface area contributed by atoms with Gasteiger partial charge in [0.05, 0.1) is 11.4 Å². The quantitative estimate of drug-likeness (QED) is 0.858. The zero-order valence-electron chi connectivity index (χ0n) is 8.30. The van der Waals surface area contributed by atoms with E-state index in [4.69, 9.17) is 10.2 Å². The van der Waals surface area contributed by atoms with Crippen molar-refractivity contribution in [3.63, 3.8) is 0 Å². The lowest BCUT2D eigenvalue weighted by atomic mass is 10.3. The zero-order chi connectivity index (χ0) is 10.7. The molecular weight excluding hydrogens is 210 g/mol. The van der Waals surface area contributed by atoms with Gasteiger partial charge < -0.3 is 10.2 Å². The smallest absolute Gasteiger partial charge is 0.260 e. The van der Waals surface area contributed by atoms with Crippen molar-refractivity contribution in [3.05, 3.63) is 36.0 Å². The minimum absolute atomic E-state index is 0.420. The molecule has 0 radical (unpaired) electrons. The van der Waals surface area contributed by atoms with Crippen LogP contribution >= 0.6 is 11.8 Å². The average molecular weight is 221 g/mol. The SMILES string of the molecule is Cc1coc(Sc2cccnc2CN)n1. The second-order valence-electron chi connectivity index (χ2n) is 3.01. The van der Waals surface area contributed by atoms with E-state index in [1.807, 2.05) is 19.1 Å². The van der Waals surface area contributed by atoms with Crippen molar-refractivity contribution in [2.24, 2.45) is 5.73 Å². The van der Waals surface area contributed by atoms with Crippen LogP contribution in [0, 0.1) is 6.92 Å². The van der Waals surface area contributed by atoms with Crippen molar-refractivity contribution < 1.29 is 4.42 Å². The molecule has 0 atom stereocenters. The molecule has 0 bridgehead atoms. The molecule has 15 heavy (non-hydrogen) atoms. The summed E-state index contributed by atoms with van der Waals surface area (Å²) in [6.07, 6.45) is 3.36. The molecule has 5 heteroatoms. The van der Waals surface area contributed by atoms with Crippen molar-refractivity contribution in [3.8, 4) is 0 Å². The summed E-state index contributed by atoms with van der Waals surface area (Å²) in [7, 11) is 0. The third kappa shape index (κ3) is 2.37. The molecule has 0 aromatic carbocycles. The van der Waals surface area contributed by atoms with Gasteiger partial charge in [0.15, 0.2) is 0 Å². The standard InChI is InChI=1S/C10H11N3OS/c1-7-6-14-10(13-7)15-9-3-2-4-12-8(9)5-11/h2-4,6H,5,11H2,1H3. The molecule has 2 N–H and O–H groups in total. The van der Waals surface area contributed by atoms with E-state index >= 15 is 0 Å². The highest BCUT2D eigenvalue weighted by molar-refractivity contribution is 7.99. The van der Waals surface area contributed by atoms with E-state index in [-0.39, 0.29) is 0 Å². The number of aryl methyl sites for hydroxylation is 1. The Morgan fingerprint density at radius 1 is 1.53 bits per heavy atom. The van der Waals surface area contributed by atoms with Gasteiger partial charge in [-0.1, -0.05) is 0 Å². The molecule has 0 spiro atoms. The number of hydrogen-bond acceptors (Lipinski definition) is 5. The highest BCUT2D eigenvalue weighted by atomic mass is 32.2. The summed E-state index contributed by atoms with van der Waals surface area (Å²) in [5.41, 5.74) is 7.31. The van der Waals surface area contributed by atoms with Crippen LogP contribution in [0.15, 0.2) is 39.1 Å². The fourth-order valence-corrected chi connectivity index (χ4v) is 2.02. The monoisotopic (exact) mass is 221 g/mol. The van der Waals surface area contributed by atoms with E-state index in [1.165, 1.54) is 11.8 Å². The number of hydrogen-bond donors (Lipinski definition) is 1. The second kappa shape index (κ2) is 4.46. The lowest BCUT2D eigenvalue weighted by molar-refractivity contribution is 0.454. The first-order chi connectivity index (χ1) is 7.29. The van der Waals surface area contributed by atoms with Crippen molar-refractivity contribution in [2.45, 2.75) is 23.6 Å². The normalized spacial score (nSPS) is 10.5. The van der Waals surface area contributed by atoms with Crippen molar-refractivity contribution in [1.29, 1.82) is 0 Å². The van der Waals surface area contributed by atoms with Crippen LogP contribution in [0.1, 0.15) is 11.4 Å². The molecule has 0 aliphatic heterocycles. The number of nitrogens with two attached hydrogens (primary N) is 1. The first-order valence-corrected chi connectivity index (χ1v) is 5.35. The third-order valence-electron chi connectivity index (χ3n) is 1.84. The van der Waals surface area contributed by atoms with Gasteiger partial charge in [0.1, 0.15) is 6.26 Å². The molecule has 0 saturated carbocycles. The van der Waals surface area contributed by atoms with E-state index in [1.54, 1.807) is 12.5 Å². The molecule has 4 nitrogen and oxygen atoms in total. The average Bonchev–Trinajstić information content (AvgIpc) is 2.65. The molecule has 0 aliphatic rings. The fourth-order valence-electron chi connectivity index (χ4n) is 1.14. The van der Waals surface area contributed by atoms with Crippen molar-refractivity contribution in [2.75, 3.05) is 0 Å². The Kier molecular flexibility index (Phi) is 3.03. The maximum Gasteiger partial charge on any atom is 0.260 e. The van der Waals surface area contributed by atoms with Gasteiger partial charge in [-0.25, -0.2) is 4.98 Å². The van der Waals surface area contributed by atoms with Crippen LogP contribution in [0.2, 0.25) is 0 Å². The van der Waals surface area contributed by atoms with Crippen LogP contribution in [0.3, 0.4) is 0 Å². The summed E-state index contributed by atoms with van der Waals surface area (Å²) < 4.78 is 5.25. The Balaban J connectivity index is 2.23. The number of nitrogens with zero attached hydrogens (tertiary/aromatic N) is 2. The van der Waals surface area contributed by atoms with Gasteiger partial charge in [-0.05, 0) is 30.8 Å². The molecule has 78 valence electrons. The number of aromatic nitrogens is 2. The Morgan fingerprint density at radius 3 is 3.07 bits per heavy atom.